The van der Waals surface area contributed by atoms with Crippen LogP contribution in [-0.2, 0) is 4.74 Å². The van der Waals surface area contributed by atoms with Gasteiger partial charge in [0.05, 0.1) is 27.7 Å². The van der Waals surface area contributed by atoms with E-state index in [0.29, 0.717) is 31.7 Å². The van der Waals surface area contributed by atoms with E-state index in [1.54, 1.807) is 31.4 Å². The molecule has 0 fully saturated rings. The lowest BCUT2D eigenvalue weighted by molar-refractivity contribution is -0.384. The Balaban J connectivity index is 1.90. The van der Waals surface area contributed by atoms with Crippen LogP contribution in [0.1, 0.15) is 44.4 Å². The summed E-state index contributed by atoms with van der Waals surface area (Å²) in [6, 6.07) is 8.03. The Hall–Kier alpha value is -3.88. The molecule has 3 rings (SSSR count). The number of ether oxygens (including phenoxy) is 1. The largest absolute Gasteiger partial charge is 0.462 e. The number of ketones is 1. The highest BCUT2D eigenvalue weighted by molar-refractivity contribution is 7.18. The molecule has 1 aromatic carbocycles. The molecule has 168 valence electrons. The summed E-state index contributed by atoms with van der Waals surface area (Å²) in [6.07, 6.45) is 1.43. The molecule has 9 nitrogen and oxygen atoms in total. The van der Waals surface area contributed by atoms with E-state index in [0.717, 1.165) is 11.3 Å². The number of thiazole rings is 1. The van der Waals surface area contributed by atoms with Gasteiger partial charge in [0.2, 0.25) is 0 Å². The van der Waals surface area contributed by atoms with E-state index in [2.05, 4.69) is 16.4 Å². The van der Waals surface area contributed by atoms with E-state index in [-0.39, 0.29) is 29.2 Å². The number of nitriles is 1. The molecule has 0 aliphatic rings. The van der Waals surface area contributed by atoms with Crippen LogP contribution in [0.15, 0.2) is 35.8 Å². The van der Waals surface area contributed by atoms with E-state index in [4.69, 9.17) is 4.74 Å². The molecule has 2 heterocycles. The van der Waals surface area contributed by atoms with E-state index in [9.17, 15) is 25.0 Å². The molecule has 0 saturated carbocycles. The number of nitro benzene ring substituents is 1. The molecule has 11 heteroatoms. The lowest BCUT2D eigenvalue weighted by Crippen LogP contribution is -2.08. The number of carbonyl (C=O) groups excluding carboxylic acids is 2. The number of anilines is 1. The van der Waals surface area contributed by atoms with Crippen molar-refractivity contribution in [2.45, 2.75) is 20.8 Å². The predicted octanol–water partition coefficient (Wildman–Crippen LogP) is 5.44. The Morgan fingerprint density at radius 3 is 2.61 bits per heavy atom. The van der Waals surface area contributed by atoms with Gasteiger partial charge in [-0.25, -0.2) is 9.78 Å². The number of thiophene rings is 1. The standard InChI is InChI=1S/C22H18N4O5S2/c1-4-31-22(28)18-12(2)19(13(3)27)33-21(18)24-10-15(9-23)20-25-17(11-32-20)14-5-7-16(8-6-14)26(29)30/h5-8,10-11,24H,4H2,1-3H3/b15-10-. The maximum Gasteiger partial charge on any atom is 0.341 e. The van der Waals surface area contributed by atoms with Gasteiger partial charge < -0.3 is 10.1 Å². The maximum atomic E-state index is 12.4. The molecule has 0 atom stereocenters. The van der Waals surface area contributed by atoms with Crippen molar-refractivity contribution < 1.29 is 19.2 Å². The third kappa shape index (κ3) is 5.14. The van der Waals surface area contributed by atoms with E-state index in [1.807, 2.05) is 0 Å². The Kier molecular flexibility index (Phi) is 7.32. The summed E-state index contributed by atoms with van der Waals surface area (Å²) in [5.41, 5.74) is 2.23. The van der Waals surface area contributed by atoms with Crippen LogP contribution in [0.25, 0.3) is 16.8 Å². The van der Waals surface area contributed by atoms with Crippen LogP contribution in [0.2, 0.25) is 0 Å². The van der Waals surface area contributed by atoms with Crippen molar-refractivity contribution in [3.8, 4) is 17.3 Å². The van der Waals surface area contributed by atoms with Gasteiger partial charge in [0.1, 0.15) is 21.7 Å². The molecule has 1 N–H and O–H groups in total. The first kappa shape index (κ1) is 23.8. The number of non-ortho nitro benzene ring substituents is 1. The molecule has 0 aliphatic heterocycles. The van der Waals surface area contributed by atoms with Crippen molar-refractivity contribution in [2.24, 2.45) is 0 Å². The summed E-state index contributed by atoms with van der Waals surface area (Å²) < 4.78 is 5.11. The topological polar surface area (TPSA) is 135 Å². The Morgan fingerprint density at radius 1 is 1.33 bits per heavy atom. The molecule has 2 aromatic heterocycles. The number of nitro groups is 1. The van der Waals surface area contributed by atoms with Crippen LogP contribution in [0.5, 0.6) is 0 Å². The van der Waals surface area contributed by atoms with E-state index in [1.165, 1.54) is 36.6 Å². The van der Waals surface area contributed by atoms with Gasteiger partial charge in [0.15, 0.2) is 5.78 Å². The highest BCUT2D eigenvalue weighted by Crippen LogP contribution is 2.35. The van der Waals surface area contributed by atoms with Crippen molar-refractivity contribution in [1.29, 1.82) is 5.26 Å². The number of carbonyl (C=O) groups is 2. The molecule has 0 saturated heterocycles. The van der Waals surface area contributed by atoms with Crippen molar-refractivity contribution in [3.63, 3.8) is 0 Å². The summed E-state index contributed by atoms with van der Waals surface area (Å²) in [5.74, 6) is -0.726. The molecule has 33 heavy (non-hydrogen) atoms. The molecule has 0 radical (unpaired) electrons. The van der Waals surface area contributed by atoms with Crippen LogP contribution in [-0.4, -0.2) is 28.3 Å². The van der Waals surface area contributed by atoms with Gasteiger partial charge in [-0.15, -0.1) is 22.7 Å². The first-order chi connectivity index (χ1) is 15.8. The second kappa shape index (κ2) is 10.2. The number of hydrogen-bond acceptors (Lipinski definition) is 10. The molecule has 0 unspecified atom stereocenters. The molecule has 3 aromatic rings. The van der Waals surface area contributed by atoms with Crippen LogP contribution >= 0.6 is 22.7 Å². The summed E-state index contributed by atoms with van der Waals surface area (Å²) >= 11 is 2.35. The smallest absolute Gasteiger partial charge is 0.341 e. The van der Waals surface area contributed by atoms with E-state index < -0.39 is 10.9 Å². The normalized spacial score (nSPS) is 11.0. The highest BCUT2D eigenvalue weighted by atomic mass is 32.1. The number of allylic oxidation sites excluding steroid dienone is 1. The fourth-order valence-electron chi connectivity index (χ4n) is 2.96. The number of benzene rings is 1. The molecular weight excluding hydrogens is 464 g/mol. The zero-order valence-electron chi connectivity index (χ0n) is 17.9. The van der Waals surface area contributed by atoms with Gasteiger partial charge in [-0.05, 0) is 38.5 Å². The first-order valence-electron chi connectivity index (χ1n) is 9.65. The quantitative estimate of drug-likeness (QED) is 0.147. The first-order valence-corrected chi connectivity index (χ1v) is 11.3. The lowest BCUT2D eigenvalue weighted by Gasteiger charge is -2.05. The van der Waals surface area contributed by atoms with Crippen LogP contribution in [0.3, 0.4) is 0 Å². The zero-order valence-corrected chi connectivity index (χ0v) is 19.5. The lowest BCUT2D eigenvalue weighted by atomic mass is 10.1. The number of rotatable bonds is 8. The van der Waals surface area contributed by atoms with Gasteiger partial charge in [0.25, 0.3) is 5.69 Å². The summed E-state index contributed by atoms with van der Waals surface area (Å²) in [7, 11) is 0. The number of nitrogens with one attached hydrogen (secondary N) is 1. The van der Waals surface area contributed by atoms with Gasteiger partial charge >= 0.3 is 5.97 Å². The van der Waals surface area contributed by atoms with E-state index >= 15 is 0 Å². The van der Waals surface area contributed by atoms with Gasteiger partial charge in [0, 0.05) is 29.3 Å². The summed E-state index contributed by atoms with van der Waals surface area (Å²) in [5, 5.41) is 26.0. The molecular formula is C22H18N4O5S2. The molecule has 0 aliphatic carbocycles. The second-order valence-electron chi connectivity index (χ2n) is 6.69. The SMILES string of the molecule is CCOC(=O)c1c(N/C=C(/C#N)c2nc(-c3ccc([N+](=O)[O-])cc3)cs2)sc(C(C)=O)c1C. The van der Waals surface area contributed by atoms with Gasteiger partial charge in [-0.2, -0.15) is 5.26 Å². The van der Waals surface area contributed by atoms with Crippen LogP contribution < -0.4 is 5.32 Å². The third-order valence-corrected chi connectivity index (χ3v) is 6.72. The zero-order chi connectivity index (χ0) is 24.1. The van der Waals surface area contributed by atoms with Gasteiger partial charge in [-0.1, -0.05) is 0 Å². The highest BCUT2D eigenvalue weighted by Gasteiger charge is 2.24. The Morgan fingerprint density at radius 2 is 2.03 bits per heavy atom. The molecule has 0 spiro atoms. The second-order valence-corrected chi connectivity index (χ2v) is 8.57. The monoisotopic (exact) mass is 482 g/mol. The summed E-state index contributed by atoms with van der Waals surface area (Å²) in [4.78, 5) is 39.6. The predicted molar refractivity (Wildman–Crippen MR) is 126 cm³/mol. The third-order valence-electron chi connectivity index (χ3n) is 4.52. The average Bonchev–Trinajstić information content (AvgIpc) is 3.39. The number of nitrogens with zero attached hydrogens (tertiary/aromatic N) is 3. The van der Waals surface area contributed by atoms with Crippen molar-refractivity contribution >= 4 is 50.7 Å². The summed E-state index contributed by atoms with van der Waals surface area (Å²) in [6.45, 7) is 4.98. The fraction of sp³-hybridized carbons (Fsp3) is 0.182. The van der Waals surface area contributed by atoms with Gasteiger partial charge in [-0.3, -0.25) is 14.9 Å². The molecule has 0 bridgehead atoms. The van der Waals surface area contributed by atoms with Crippen LogP contribution in [0.4, 0.5) is 10.7 Å². The number of hydrogen-bond donors (Lipinski definition) is 1. The average molecular weight is 483 g/mol. The number of Topliss-reactive ketones (excluding diaryl/α,β-unsaturated/α-hetero) is 1. The van der Waals surface area contributed by atoms with Crippen LogP contribution in [0, 0.1) is 28.4 Å². The fourth-order valence-corrected chi connectivity index (χ4v) is 4.82. The van der Waals surface area contributed by atoms with Crippen molar-refractivity contribution in [2.75, 3.05) is 11.9 Å². The maximum absolute atomic E-state index is 12.4. The minimum absolute atomic E-state index is 0.0235. The Bertz CT molecular complexity index is 1300. The number of esters is 1. The Labute approximate surface area is 197 Å². The van der Waals surface area contributed by atoms with Crippen molar-refractivity contribution in [1.82, 2.24) is 4.98 Å². The molecule has 0 amide bonds. The van der Waals surface area contributed by atoms with Crippen molar-refractivity contribution in [3.05, 3.63) is 67.0 Å². The minimum atomic E-state index is -0.553. The number of aromatic nitrogens is 1. The minimum Gasteiger partial charge on any atom is -0.462 e.